The number of rotatable bonds is 6. The van der Waals surface area contributed by atoms with Gasteiger partial charge in [0.15, 0.2) is 0 Å². The minimum Gasteiger partial charge on any atom is -0.495 e. The van der Waals surface area contributed by atoms with Crippen molar-refractivity contribution < 1.29 is 14.3 Å². The van der Waals surface area contributed by atoms with Gasteiger partial charge in [-0.15, -0.1) is 0 Å². The molecule has 0 aromatic heterocycles. The van der Waals surface area contributed by atoms with E-state index >= 15 is 0 Å². The van der Waals surface area contributed by atoms with Crippen LogP contribution >= 0.6 is 0 Å². The molecule has 0 spiro atoms. The van der Waals surface area contributed by atoms with Crippen LogP contribution in [0.5, 0.6) is 5.75 Å². The Labute approximate surface area is 164 Å². The van der Waals surface area contributed by atoms with E-state index in [9.17, 15) is 9.59 Å². The second kappa shape index (κ2) is 8.86. The summed E-state index contributed by atoms with van der Waals surface area (Å²) < 4.78 is 5.26. The highest BCUT2D eigenvalue weighted by molar-refractivity contribution is 6.09. The SMILES string of the molecule is CCN(C(=O)c1cccc(C(=O)Nc2ccccc2OC)c1)c1ccccc1. The zero-order valence-electron chi connectivity index (χ0n) is 15.9. The Morgan fingerprint density at radius 1 is 0.893 bits per heavy atom. The predicted octanol–water partition coefficient (Wildman–Crippen LogP) is 4.61. The monoisotopic (exact) mass is 374 g/mol. The lowest BCUT2D eigenvalue weighted by molar-refractivity contribution is 0.0988. The summed E-state index contributed by atoms with van der Waals surface area (Å²) in [5.74, 6) is 0.117. The summed E-state index contributed by atoms with van der Waals surface area (Å²) in [5.41, 5.74) is 2.25. The predicted molar refractivity (Wildman–Crippen MR) is 111 cm³/mol. The number of amides is 2. The molecule has 0 aliphatic heterocycles. The summed E-state index contributed by atoms with van der Waals surface area (Å²) in [7, 11) is 1.55. The minimum absolute atomic E-state index is 0.152. The van der Waals surface area contributed by atoms with Crippen molar-refractivity contribution in [2.45, 2.75) is 6.92 Å². The summed E-state index contributed by atoms with van der Waals surface area (Å²) in [6.45, 7) is 2.45. The third kappa shape index (κ3) is 4.20. The number of benzene rings is 3. The van der Waals surface area contributed by atoms with Gasteiger partial charge in [-0.3, -0.25) is 9.59 Å². The molecule has 0 bridgehead atoms. The summed E-state index contributed by atoms with van der Waals surface area (Å²) in [5, 5.41) is 2.83. The molecule has 0 aliphatic rings. The largest absolute Gasteiger partial charge is 0.495 e. The first kappa shape index (κ1) is 19.2. The van der Waals surface area contributed by atoms with Crippen LogP contribution in [0.1, 0.15) is 27.6 Å². The zero-order chi connectivity index (χ0) is 19.9. The van der Waals surface area contributed by atoms with E-state index in [4.69, 9.17) is 4.74 Å². The standard InChI is InChI=1S/C23H22N2O3/c1-3-25(19-12-5-4-6-13-19)23(27)18-11-9-10-17(16-18)22(26)24-20-14-7-8-15-21(20)28-2/h4-16H,3H2,1-2H3,(H,24,26). The first-order valence-electron chi connectivity index (χ1n) is 9.05. The van der Waals surface area contributed by atoms with Crippen molar-refractivity contribution >= 4 is 23.2 Å². The second-order valence-corrected chi connectivity index (χ2v) is 6.12. The number of nitrogens with zero attached hydrogens (tertiary/aromatic N) is 1. The molecule has 1 N–H and O–H groups in total. The van der Waals surface area contributed by atoms with Crippen LogP contribution in [0.3, 0.4) is 0 Å². The van der Waals surface area contributed by atoms with Crippen LogP contribution < -0.4 is 15.0 Å². The molecule has 0 saturated carbocycles. The van der Waals surface area contributed by atoms with Crippen LogP contribution in [0.4, 0.5) is 11.4 Å². The van der Waals surface area contributed by atoms with E-state index in [0.717, 1.165) is 5.69 Å². The molecule has 0 fully saturated rings. The average molecular weight is 374 g/mol. The lowest BCUT2D eigenvalue weighted by Gasteiger charge is -2.21. The van der Waals surface area contributed by atoms with Crippen LogP contribution in [0.15, 0.2) is 78.9 Å². The number of anilines is 2. The number of methoxy groups -OCH3 is 1. The molecular formula is C23H22N2O3. The van der Waals surface area contributed by atoms with E-state index in [2.05, 4.69) is 5.32 Å². The van der Waals surface area contributed by atoms with Crippen molar-refractivity contribution in [3.63, 3.8) is 0 Å². The van der Waals surface area contributed by atoms with Crippen LogP contribution in [-0.2, 0) is 0 Å². The molecule has 0 radical (unpaired) electrons. The van der Waals surface area contributed by atoms with Gasteiger partial charge in [-0.05, 0) is 49.4 Å². The molecule has 0 saturated heterocycles. The molecule has 142 valence electrons. The van der Waals surface area contributed by atoms with E-state index in [-0.39, 0.29) is 11.8 Å². The van der Waals surface area contributed by atoms with Crippen molar-refractivity contribution in [2.75, 3.05) is 23.9 Å². The first-order chi connectivity index (χ1) is 13.6. The minimum atomic E-state index is -0.304. The molecule has 3 aromatic carbocycles. The Balaban J connectivity index is 1.83. The fraction of sp³-hybridized carbons (Fsp3) is 0.130. The maximum absolute atomic E-state index is 13.0. The van der Waals surface area contributed by atoms with Gasteiger partial charge in [0.2, 0.25) is 0 Å². The van der Waals surface area contributed by atoms with E-state index in [1.54, 1.807) is 48.4 Å². The van der Waals surface area contributed by atoms with Crippen LogP contribution in [0, 0.1) is 0 Å². The van der Waals surface area contributed by atoms with Crippen LogP contribution in [0.2, 0.25) is 0 Å². The van der Waals surface area contributed by atoms with E-state index < -0.39 is 0 Å². The Bertz CT molecular complexity index is 970. The highest BCUT2D eigenvalue weighted by Crippen LogP contribution is 2.24. The third-order valence-electron chi connectivity index (χ3n) is 4.36. The number of hydrogen-bond acceptors (Lipinski definition) is 3. The topological polar surface area (TPSA) is 58.6 Å². The van der Waals surface area contributed by atoms with Crippen molar-refractivity contribution in [3.8, 4) is 5.75 Å². The number of ether oxygens (including phenoxy) is 1. The Morgan fingerprint density at radius 3 is 2.29 bits per heavy atom. The molecule has 28 heavy (non-hydrogen) atoms. The van der Waals surface area contributed by atoms with E-state index in [1.165, 1.54) is 0 Å². The van der Waals surface area contributed by atoms with Gasteiger partial charge in [0.25, 0.3) is 11.8 Å². The Kier molecular flexibility index (Phi) is 6.07. The zero-order valence-corrected chi connectivity index (χ0v) is 15.9. The first-order valence-corrected chi connectivity index (χ1v) is 9.05. The van der Waals surface area contributed by atoms with Gasteiger partial charge in [0, 0.05) is 23.4 Å². The molecule has 0 atom stereocenters. The Morgan fingerprint density at radius 2 is 1.57 bits per heavy atom. The molecule has 5 nitrogen and oxygen atoms in total. The summed E-state index contributed by atoms with van der Waals surface area (Å²) >= 11 is 0. The van der Waals surface area contributed by atoms with Gasteiger partial charge < -0.3 is 15.0 Å². The fourth-order valence-corrected chi connectivity index (χ4v) is 2.94. The van der Waals surface area contributed by atoms with Crippen molar-refractivity contribution in [1.29, 1.82) is 0 Å². The molecule has 5 heteroatoms. The quantitative estimate of drug-likeness (QED) is 0.685. The van der Waals surface area contributed by atoms with E-state index in [1.807, 2.05) is 49.4 Å². The van der Waals surface area contributed by atoms with Crippen molar-refractivity contribution in [3.05, 3.63) is 90.0 Å². The summed E-state index contributed by atoms with van der Waals surface area (Å²) in [6, 6.07) is 23.4. The van der Waals surface area contributed by atoms with Gasteiger partial charge >= 0.3 is 0 Å². The summed E-state index contributed by atoms with van der Waals surface area (Å²) in [4.78, 5) is 27.3. The van der Waals surface area contributed by atoms with Gasteiger partial charge in [-0.25, -0.2) is 0 Å². The fourth-order valence-electron chi connectivity index (χ4n) is 2.94. The maximum atomic E-state index is 13.0. The molecule has 0 heterocycles. The second-order valence-electron chi connectivity index (χ2n) is 6.12. The highest BCUT2D eigenvalue weighted by Gasteiger charge is 2.18. The number of carbonyl (C=O) groups excluding carboxylic acids is 2. The number of nitrogens with one attached hydrogen (secondary N) is 1. The lowest BCUT2D eigenvalue weighted by atomic mass is 10.1. The number of para-hydroxylation sites is 3. The molecule has 0 aliphatic carbocycles. The van der Waals surface area contributed by atoms with Gasteiger partial charge in [-0.1, -0.05) is 36.4 Å². The van der Waals surface area contributed by atoms with Gasteiger partial charge in [0.05, 0.1) is 12.8 Å². The number of carbonyl (C=O) groups is 2. The maximum Gasteiger partial charge on any atom is 0.258 e. The molecule has 2 amide bonds. The van der Waals surface area contributed by atoms with Gasteiger partial charge in [-0.2, -0.15) is 0 Å². The molecular weight excluding hydrogens is 352 g/mol. The van der Waals surface area contributed by atoms with Crippen LogP contribution in [-0.4, -0.2) is 25.5 Å². The van der Waals surface area contributed by atoms with E-state index in [0.29, 0.717) is 29.1 Å². The summed E-state index contributed by atoms with van der Waals surface area (Å²) in [6.07, 6.45) is 0. The average Bonchev–Trinajstić information content (AvgIpc) is 2.75. The normalized spacial score (nSPS) is 10.2. The van der Waals surface area contributed by atoms with Crippen molar-refractivity contribution in [1.82, 2.24) is 0 Å². The van der Waals surface area contributed by atoms with Crippen LogP contribution in [0.25, 0.3) is 0 Å². The van der Waals surface area contributed by atoms with Gasteiger partial charge in [0.1, 0.15) is 5.75 Å². The Hall–Kier alpha value is -3.60. The number of hydrogen-bond donors (Lipinski definition) is 1. The highest BCUT2D eigenvalue weighted by atomic mass is 16.5. The smallest absolute Gasteiger partial charge is 0.258 e. The third-order valence-corrected chi connectivity index (χ3v) is 4.36. The lowest BCUT2D eigenvalue weighted by Crippen LogP contribution is -2.30. The molecule has 3 aromatic rings. The molecule has 0 unspecified atom stereocenters. The van der Waals surface area contributed by atoms with Crippen molar-refractivity contribution in [2.24, 2.45) is 0 Å². The molecule has 3 rings (SSSR count).